The fraction of sp³-hybridized carbons (Fsp3) is 0.160. The number of nitrogens with one attached hydrogen (secondary N) is 1. The molecule has 1 aromatic heterocycles. The average molecular weight is 432 g/mol. The van der Waals surface area contributed by atoms with Crippen LogP contribution in [0.2, 0.25) is 5.02 Å². The van der Waals surface area contributed by atoms with Crippen LogP contribution in [0.15, 0.2) is 77.6 Å². The van der Waals surface area contributed by atoms with Crippen molar-refractivity contribution in [3.8, 4) is 0 Å². The largest absolute Gasteiger partial charge is 0.322 e. The van der Waals surface area contributed by atoms with Crippen LogP contribution >= 0.6 is 11.6 Å². The lowest BCUT2D eigenvalue weighted by molar-refractivity contribution is 0.102. The van der Waals surface area contributed by atoms with Crippen molar-refractivity contribution in [2.75, 3.05) is 5.32 Å². The summed E-state index contributed by atoms with van der Waals surface area (Å²) in [6.45, 7) is 2.44. The summed E-state index contributed by atoms with van der Waals surface area (Å²) in [5.41, 5.74) is 2.52. The summed E-state index contributed by atoms with van der Waals surface area (Å²) in [5, 5.41) is 3.95. The van der Waals surface area contributed by atoms with Gasteiger partial charge in [0.05, 0.1) is 17.4 Å². The maximum atomic E-state index is 13.4. The van der Waals surface area contributed by atoms with E-state index >= 15 is 0 Å². The Morgan fingerprint density at radius 1 is 1.03 bits per heavy atom. The minimum atomic E-state index is -0.227. The Hall–Kier alpha value is -3.44. The molecule has 0 saturated carbocycles. The van der Waals surface area contributed by atoms with Gasteiger partial charge in [0, 0.05) is 22.7 Å². The van der Waals surface area contributed by atoms with Gasteiger partial charge in [-0.3, -0.25) is 14.2 Å². The van der Waals surface area contributed by atoms with Crippen LogP contribution in [0.3, 0.4) is 0 Å². The zero-order chi connectivity index (χ0) is 21.8. The highest BCUT2D eigenvalue weighted by molar-refractivity contribution is 6.30. The first-order valence-electron chi connectivity index (χ1n) is 10.2. The number of rotatable bonds is 6. The molecule has 3 aromatic carbocycles. The molecule has 5 nitrogen and oxygen atoms in total. The van der Waals surface area contributed by atoms with Crippen molar-refractivity contribution in [3.05, 3.63) is 105 Å². The summed E-state index contributed by atoms with van der Waals surface area (Å²) in [5.74, 6) is 0.510. The predicted molar refractivity (Wildman–Crippen MR) is 125 cm³/mol. The summed E-state index contributed by atoms with van der Waals surface area (Å²) in [6.07, 6.45) is 1.57. The monoisotopic (exact) mass is 431 g/mol. The molecule has 0 saturated heterocycles. The van der Waals surface area contributed by atoms with Gasteiger partial charge in [0.2, 0.25) is 0 Å². The molecule has 6 heteroatoms. The standard InChI is InChI=1S/C25H22ClN3O2/c1-2-7-23-28-22-13-12-20(27-24(30)18-9-4-3-5-10-18)15-21(22)25(31)29(23)16-17-8-6-11-19(26)14-17/h3-6,8-15H,2,7,16H2,1H3,(H,27,30). The molecule has 0 spiro atoms. The van der Waals surface area contributed by atoms with Gasteiger partial charge in [0.25, 0.3) is 11.5 Å². The van der Waals surface area contributed by atoms with Gasteiger partial charge in [-0.15, -0.1) is 0 Å². The van der Waals surface area contributed by atoms with Crippen molar-refractivity contribution in [2.24, 2.45) is 0 Å². The number of aryl methyl sites for hydroxylation is 1. The number of amides is 1. The summed E-state index contributed by atoms with van der Waals surface area (Å²) in [7, 11) is 0. The van der Waals surface area contributed by atoms with Crippen molar-refractivity contribution in [1.82, 2.24) is 9.55 Å². The number of benzene rings is 3. The van der Waals surface area contributed by atoms with Crippen LogP contribution in [-0.4, -0.2) is 15.5 Å². The molecule has 0 aliphatic carbocycles. The van der Waals surface area contributed by atoms with Gasteiger partial charge in [0.1, 0.15) is 5.82 Å². The van der Waals surface area contributed by atoms with E-state index in [0.29, 0.717) is 40.1 Å². The number of nitrogens with zero attached hydrogens (tertiary/aromatic N) is 2. The third-order valence-corrected chi connectivity index (χ3v) is 5.27. The summed E-state index contributed by atoms with van der Waals surface area (Å²) in [6, 6.07) is 21.7. The van der Waals surface area contributed by atoms with Gasteiger partial charge < -0.3 is 5.32 Å². The molecule has 4 rings (SSSR count). The minimum Gasteiger partial charge on any atom is -0.322 e. The van der Waals surface area contributed by atoms with Crippen LogP contribution in [0.4, 0.5) is 5.69 Å². The molecule has 0 atom stereocenters. The van der Waals surface area contributed by atoms with Gasteiger partial charge >= 0.3 is 0 Å². The van der Waals surface area contributed by atoms with Crippen LogP contribution in [0.5, 0.6) is 0 Å². The van der Waals surface area contributed by atoms with Crippen LogP contribution in [0.1, 0.15) is 35.1 Å². The number of hydrogen-bond donors (Lipinski definition) is 1. The average Bonchev–Trinajstić information content (AvgIpc) is 2.78. The van der Waals surface area contributed by atoms with Gasteiger partial charge in [0.15, 0.2) is 0 Å². The maximum absolute atomic E-state index is 13.4. The molecule has 31 heavy (non-hydrogen) atoms. The quantitative estimate of drug-likeness (QED) is 0.450. The second kappa shape index (κ2) is 9.14. The van der Waals surface area contributed by atoms with Crippen LogP contribution < -0.4 is 10.9 Å². The molecule has 0 bridgehead atoms. The molecule has 0 fully saturated rings. The van der Waals surface area contributed by atoms with E-state index in [1.165, 1.54) is 0 Å². The van der Waals surface area contributed by atoms with E-state index in [1.807, 2.05) is 36.4 Å². The van der Waals surface area contributed by atoms with E-state index in [0.717, 1.165) is 17.8 Å². The minimum absolute atomic E-state index is 0.135. The third-order valence-electron chi connectivity index (χ3n) is 5.03. The molecular formula is C25H22ClN3O2. The number of aromatic nitrogens is 2. The van der Waals surface area contributed by atoms with E-state index in [4.69, 9.17) is 16.6 Å². The lowest BCUT2D eigenvalue weighted by Crippen LogP contribution is -2.26. The van der Waals surface area contributed by atoms with Gasteiger partial charge in [-0.2, -0.15) is 0 Å². The van der Waals surface area contributed by atoms with Gasteiger partial charge in [-0.1, -0.05) is 48.9 Å². The first kappa shape index (κ1) is 20.8. The van der Waals surface area contributed by atoms with E-state index in [1.54, 1.807) is 41.0 Å². The highest BCUT2D eigenvalue weighted by Crippen LogP contribution is 2.18. The molecule has 4 aromatic rings. The van der Waals surface area contributed by atoms with Crippen molar-refractivity contribution in [3.63, 3.8) is 0 Å². The maximum Gasteiger partial charge on any atom is 0.261 e. The third kappa shape index (κ3) is 4.67. The number of hydrogen-bond acceptors (Lipinski definition) is 3. The molecule has 156 valence electrons. The summed E-state index contributed by atoms with van der Waals surface area (Å²) < 4.78 is 1.69. The SMILES string of the molecule is CCCc1nc2ccc(NC(=O)c3ccccc3)cc2c(=O)n1Cc1cccc(Cl)c1. The highest BCUT2D eigenvalue weighted by atomic mass is 35.5. The lowest BCUT2D eigenvalue weighted by atomic mass is 10.1. The zero-order valence-corrected chi connectivity index (χ0v) is 17.9. The second-order valence-corrected chi connectivity index (χ2v) is 7.79. The first-order chi connectivity index (χ1) is 15.0. The van der Waals surface area contributed by atoms with E-state index in [9.17, 15) is 9.59 Å². The number of fused-ring (bicyclic) bond motifs is 1. The molecule has 1 amide bonds. The molecule has 1 N–H and O–H groups in total. The molecule has 1 heterocycles. The Morgan fingerprint density at radius 2 is 1.84 bits per heavy atom. The Balaban J connectivity index is 1.74. The Bertz CT molecular complexity index is 1300. The topological polar surface area (TPSA) is 64.0 Å². The molecule has 0 aliphatic rings. The molecular weight excluding hydrogens is 410 g/mol. The highest BCUT2D eigenvalue weighted by Gasteiger charge is 2.13. The lowest BCUT2D eigenvalue weighted by Gasteiger charge is -2.14. The van der Waals surface area contributed by atoms with Crippen molar-refractivity contribution in [1.29, 1.82) is 0 Å². The fourth-order valence-electron chi connectivity index (χ4n) is 3.53. The first-order valence-corrected chi connectivity index (χ1v) is 10.6. The Morgan fingerprint density at radius 3 is 2.58 bits per heavy atom. The fourth-order valence-corrected chi connectivity index (χ4v) is 3.75. The Kier molecular flexibility index (Phi) is 6.14. The Labute approximate surface area is 185 Å². The van der Waals surface area contributed by atoms with Gasteiger partial charge in [-0.25, -0.2) is 4.98 Å². The number of carbonyl (C=O) groups excluding carboxylic acids is 1. The van der Waals surface area contributed by atoms with Crippen molar-refractivity contribution >= 4 is 34.1 Å². The second-order valence-electron chi connectivity index (χ2n) is 7.35. The number of anilines is 1. The number of carbonyl (C=O) groups is 1. The molecule has 0 aliphatic heterocycles. The van der Waals surface area contributed by atoms with E-state index in [2.05, 4.69) is 12.2 Å². The van der Waals surface area contributed by atoms with E-state index < -0.39 is 0 Å². The van der Waals surface area contributed by atoms with Crippen molar-refractivity contribution < 1.29 is 4.79 Å². The normalized spacial score (nSPS) is 10.9. The van der Waals surface area contributed by atoms with E-state index in [-0.39, 0.29) is 11.5 Å². The molecule has 0 radical (unpaired) electrons. The summed E-state index contributed by atoms with van der Waals surface area (Å²) >= 11 is 6.12. The smallest absolute Gasteiger partial charge is 0.261 e. The summed E-state index contributed by atoms with van der Waals surface area (Å²) in [4.78, 5) is 30.6. The van der Waals surface area contributed by atoms with Gasteiger partial charge in [-0.05, 0) is 54.4 Å². The number of halogens is 1. The predicted octanol–water partition coefficient (Wildman–Crippen LogP) is 5.30. The van der Waals surface area contributed by atoms with Crippen LogP contribution in [0.25, 0.3) is 10.9 Å². The van der Waals surface area contributed by atoms with Crippen LogP contribution in [-0.2, 0) is 13.0 Å². The zero-order valence-electron chi connectivity index (χ0n) is 17.1. The van der Waals surface area contributed by atoms with Crippen molar-refractivity contribution in [2.45, 2.75) is 26.3 Å². The van der Waals surface area contributed by atoms with Crippen LogP contribution in [0, 0.1) is 0 Å². The molecule has 0 unspecified atom stereocenters.